The molecule has 0 aromatic heterocycles. The van der Waals surface area contributed by atoms with Gasteiger partial charge in [0.15, 0.2) is 0 Å². The van der Waals surface area contributed by atoms with E-state index in [1.54, 1.807) is 7.11 Å². The van der Waals surface area contributed by atoms with Crippen molar-refractivity contribution in [3.63, 3.8) is 0 Å². The SMILES string of the molecule is COc1ccc(CN2C=CN([C@H]3CC[C@H](O)CC3C#N)C2)cc1Br. The summed E-state index contributed by atoms with van der Waals surface area (Å²) in [4.78, 5) is 4.46. The first-order valence-electron chi connectivity index (χ1n) is 8.19. The van der Waals surface area contributed by atoms with Crippen LogP contribution in [0.2, 0.25) is 0 Å². The standard InChI is InChI=1S/C18H22BrN3O2/c1-24-18-5-2-13(8-16(18)19)11-21-6-7-22(12-21)17-4-3-15(23)9-14(17)10-20/h2,5-8,14-15,17,23H,3-4,9,11-12H2,1H3/t14?,15-,17-/m0/s1. The van der Waals surface area contributed by atoms with Gasteiger partial charge in [-0.3, -0.25) is 0 Å². The molecular weight excluding hydrogens is 370 g/mol. The summed E-state index contributed by atoms with van der Waals surface area (Å²) < 4.78 is 6.22. The molecule has 1 aliphatic heterocycles. The molecule has 1 unspecified atom stereocenters. The third kappa shape index (κ3) is 3.68. The summed E-state index contributed by atoms with van der Waals surface area (Å²) in [5.41, 5.74) is 1.20. The van der Waals surface area contributed by atoms with Gasteiger partial charge in [-0.1, -0.05) is 6.07 Å². The largest absolute Gasteiger partial charge is 0.496 e. The molecule has 0 radical (unpaired) electrons. The van der Waals surface area contributed by atoms with Gasteiger partial charge >= 0.3 is 0 Å². The fraction of sp³-hybridized carbons (Fsp3) is 0.500. The minimum Gasteiger partial charge on any atom is -0.496 e. The van der Waals surface area contributed by atoms with Crippen LogP contribution in [0.25, 0.3) is 0 Å². The van der Waals surface area contributed by atoms with Gasteiger partial charge < -0.3 is 19.6 Å². The van der Waals surface area contributed by atoms with E-state index < -0.39 is 0 Å². The van der Waals surface area contributed by atoms with Crippen LogP contribution in [0.3, 0.4) is 0 Å². The van der Waals surface area contributed by atoms with Crippen LogP contribution < -0.4 is 4.74 Å². The zero-order chi connectivity index (χ0) is 17.1. The average molecular weight is 392 g/mol. The summed E-state index contributed by atoms with van der Waals surface area (Å²) in [6.45, 7) is 1.59. The van der Waals surface area contributed by atoms with E-state index in [0.29, 0.717) is 6.42 Å². The molecule has 1 saturated carbocycles. The molecule has 128 valence electrons. The molecule has 1 N–H and O–H groups in total. The lowest BCUT2D eigenvalue weighted by molar-refractivity contribution is 0.0604. The molecule has 5 nitrogen and oxygen atoms in total. The van der Waals surface area contributed by atoms with Crippen molar-refractivity contribution in [2.45, 2.75) is 38.0 Å². The summed E-state index contributed by atoms with van der Waals surface area (Å²) in [5.74, 6) is 0.725. The number of halogens is 1. The highest BCUT2D eigenvalue weighted by atomic mass is 79.9. The van der Waals surface area contributed by atoms with Crippen molar-refractivity contribution >= 4 is 15.9 Å². The first-order valence-corrected chi connectivity index (χ1v) is 8.98. The number of aliphatic hydroxyl groups excluding tert-OH is 1. The molecule has 3 atom stereocenters. The maximum atomic E-state index is 9.77. The lowest BCUT2D eigenvalue weighted by Gasteiger charge is -2.37. The van der Waals surface area contributed by atoms with E-state index in [0.717, 1.165) is 36.3 Å². The maximum Gasteiger partial charge on any atom is 0.133 e. The van der Waals surface area contributed by atoms with Gasteiger partial charge in [-0.15, -0.1) is 0 Å². The number of nitriles is 1. The molecule has 6 heteroatoms. The van der Waals surface area contributed by atoms with Crippen LogP contribution in [0, 0.1) is 17.2 Å². The van der Waals surface area contributed by atoms with Crippen molar-refractivity contribution in [1.29, 1.82) is 5.26 Å². The highest BCUT2D eigenvalue weighted by Gasteiger charge is 2.34. The first-order chi connectivity index (χ1) is 11.6. The minimum absolute atomic E-state index is 0.103. The van der Waals surface area contributed by atoms with Crippen LogP contribution in [0.1, 0.15) is 24.8 Å². The molecule has 24 heavy (non-hydrogen) atoms. The second-order valence-corrected chi connectivity index (χ2v) is 7.29. The number of rotatable bonds is 4. The van der Waals surface area contributed by atoms with Gasteiger partial charge in [-0.05, 0) is 52.9 Å². The smallest absolute Gasteiger partial charge is 0.133 e. The van der Waals surface area contributed by atoms with Crippen LogP contribution >= 0.6 is 15.9 Å². The molecule has 0 spiro atoms. The van der Waals surface area contributed by atoms with Gasteiger partial charge in [-0.25, -0.2) is 0 Å². The van der Waals surface area contributed by atoms with E-state index in [9.17, 15) is 10.4 Å². The van der Waals surface area contributed by atoms with E-state index in [4.69, 9.17) is 4.74 Å². The van der Waals surface area contributed by atoms with Gasteiger partial charge in [0.25, 0.3) is 0 Å². The van der Waals surface area contributed by atoms with Crippen molar-refractivity contribution in [3.8, 4) is 11.8 Å². The number of hydrogen-bond acceptors (Lipinski definition) is 5. The van der Waals surface area contributed by atoms with Gasteiger partial charge in [0.1, 0.15) is 5.75 Å². The maximum absolute atomic E-state index is 9.77. The van der Waals surface area contributed by atoms with Gasteiger partial charge in [0, 0.05) is 25.0 Å². The third-order valence-corrected chi connectivity index (χ3v) is 5.41. The summed E-state index contributed by atoms with van der Waals surface area (Å²) in [6, 6.07) is 8.67. The number of aliphatic hydroxyl groups is 1. The Kier molecular flexibility index (Phi) is 5.32. The third-order valence-electron chi connectivity index (χ3n) is 4.79. The molecule has 1 aromatic rings. The molecule has 0 amide bonds. The Balaban J connectivity index is 1.61. The lowest BCUT2D eigenvalue weighted by Crippen LogP contribution is -2.43. The van der Waals surface area contributed by atoms with Crippen molar-refractivity contribution < 1.29 is 9.84 Å². The van der Waals surface area contributed by atoms with Crippen LogP contribution in [0.15, 0.2) is 35.1 Å². The van der Waals surface area contributed by atoms with E-state index in [1.807, 2.05) is 6.07 Å². The fourth-order valence-corrected chi connectivity index (χ4v) is 4.10. The second-order valence-electron chi connectivity index (χ2n) is 6.44. The zero-order valence-electron chi connectivity index (χ0n) is 13.7. The molecule has 2 aliphatic rings. The van der Waals surface area contributed by atoms with Crippen molar-refractivity contribution in [2.24, 2.45) is 5.92 Å². The summed E-state index contributed by atoms with van der Waals surface area (Å²) >= 11 is 3.52. The van der Waals surface area contributed by atoms with Crippen LogP contribution in [0.4, 0.5) is 0 Å². The summed E-state index contributed by atoms with van der Waals surface area (Å²) in [6.07, 6.45) is 6.05. The van der Waals surface area contributed by atoms with E-state index >= 15 is 0 Å². The first kappa shape index (κ1) is 17.1. The Morgan fingerprint density at radius 3 is 2.92 bits per heavy atom. The summed E-state index contributed by atoms with van der Waals surface area (Å²) in [7, 11) is 1.66. The second kappa shape index (κ2) is 7.45. The molecule has 1 aromatic carbocycles. The van der Waals surface area contributed by atoms with Gasteiger partial charge in [-0.2, -0.15) is 5.26 Å². The Hall–Kier alpha value is -1.71. The normalized spacial score (nSPS) is 26.5. The van der Waals surface area contributed by atoms with Crippen LogP contribution in [-0.4, -0.2) is 40.8 Å². The molecule has 1 aliphatic carbocycles. The van der Waals surface area contributed by atoms with Crippen LogP contribution in [-0.2, 0) is 6.54 Å². The number of hydrogen-bond donors (Lipinski definition) is 1. The monoisotopic (exact) mass is 391 g/mol. The number of ether oxygens (including phenoxy) is 1. The Bertz CT molecular complexity index is 658. The van der Waals surface area contributed by atoms with E-state index in [1.165, 1.54) is 5.56 Å². The number of benzene rings is 1. The van der Waals surface area contributed by atoms with Crippen molar-refractivity contribution in [2.75, 3.05) is 13.8 Å². The predicted octanol–water partition coefficient (Wildman–Crippen LogP) is 3.06. The molecule has 0 saturated heterocycles. The Morgan fingerprint density at radius 2 is 2.21 bits per heavy atom. The highest BCUT2D eigenvalue weighted by molar-refractivity contribution is 9.10. The van der Waals surface area contributed by atoms with Crippen LogP contribution in [0.5, 0.6) is 5.75 Å². The highest BCUT2D eigenvalue weighted by Crippen LogP contribution is 2.31. The molecule has 3 rings (SSSR count). The average Bonchev–Trinajstić information content (AvgIpc) is 3.03. The summed E-state index contributed by atoms with van der Waals surface area (Å²) in [5, 5.41) is 19.2. The van der Waals surface area contributed by atoms with Crippen molar-refractivity contribution in [3.05, 3.63) is 40.6 Å². The predicted molar refractivity (Wildman–Crippen MR) is 94.8 cm³/mol. The number of nitrogens with zero attached hydrogens (tertiary/aromatic N) is 3. The Labute approximate surface area is 151 Å². The molecule has 1 heterocycles. The minimum atomic E-state index is -0.328. The van der Waals surface area contributed by atoms with Gasteiger partial charge in [0.05, 0.1) is 36.3 Å². The Morgan fingerprint density at radius 1 is 1.38 bits per heavy atom. The lowest BCUT2D eigenvalue weighted by atomic mass is 9.83. The molecule has 1 fully saturated rings. The van der Waals surface area contributed by atoms with E-state index in [-0.39, 0.29) is 18.1 Å². The van der Waals surface area contributed by atoms with E-state index in [2.05, 4.69) is 56.3 Å². The fourth-order valence-electron chi connectivity index (χ4n) is 3.51. The quantitative estimate of drug-likeness (QED) is 0.854. The zero-order valence-corrected chi connectivity index (χ0v) is 15.3. The molecule has 0 bridgehead atoms. The van der Waals surface area contributed by atoms with Crippen molar-refractivity contribution in [1.82, 2.24) is 9.80 Å². The van der Waals surface area contributed by atoms with Gasteiger partial charge in [0.2, 0.25) is 0 Å². The number of methoxy groups -OCH3 is 1. The molecular formula is C18H22BrN3O2. The topological polar surface area (TPSA) is 59.7 Å².